The summed E-state index contributed by atoms with van der Waals surface area (Å²) < 4.78 is 26.6. The summed E-state index contributed by atoms with van der Waals surface area (Å²) in [4.78, 5) is 14.5. The molecule has 2 aliphatic rings. The Hall–Kier alpha value is -0.620. The van der Waals surface area contributed by atoms with Gasteiger partial charge in [0.05, 0.1) is 5.75 Å². The first-order chi connectivity index (χ1) is 10.3. The van der Waals surface area contributed by atoms with Crippen molar-refractivity contribution in [3.63, 3.8) is 0 Å². The van der Waals surface area contributed by atoms with Gasteiger partial charge < -0.3 is 4.90 Å². The lowest BCUT2D eigenvalue weighted by Crippen LogP contribution is -2.48. The number of sulfonamides is 1. The van der Waals surface area contributed by atoms with Crippen molar-refractivity contribution in [2.45, 2.75) is 58.9 Å². The predicted octanol–water partition coefficient (Wildman–Crippen LogP) is 2.09. The van der Waals surface area contributed by atoms with E-state index in [1.807, 2.05) is 11.8 Å². The van der Waals surface area contributed by atoms with Gasteiger partial charge in [-0.15, -0.1) is 0 Å². The molecule has 2 rings (SSSR count). The fourth-order valence-corrected chi connectivity index (χ4v) is 4.70. The third-order valence-corrected chi connectivity index (χ3v) is 6.68. The number of hydrogen-bond donors (Lipinski definition) is 0. The molecule has 1 atom stereocenters. The SMILES string of the molecule is CCCCS(=O)(=O)N1CCC(=O)N(CC2CC2)C(C(C)C)C1. The zero-order chi connectivity index (χ0) is 16.3. The molecule has 6 heteroatoms. The van der Waals surface area contributed by atoms with Crippen LogP contribution in [-0.2, 0) is 14.8 Å². The van der Waals surface area contributed by atoms with Crippen molar-refractivity contribution in [3.8, 4) is 0 Å². The maximum absolute atomic E-state index is 12.5. The second-order valence-corrected chi connectivity index (χ2v) is 9.17. The Morgan fingerprint density at radius 1 is 1.27 bits per heavy atom. The van der Waals surface area contributed by atoms with Gasteiger partial charge in [-0.25, -0.2) is 8.42 Å². The predicted molar refractivity (Wildman–Crippen MR) is 87.9 cm³/mol. The molecule has 1 aliphatic heterocycles. The molecule has 0 radical (unpaired) electrons. The molecule has 1 saturated heterocycles. The number of unbranched alkanes of at least 4 members (excludes halogenated alkanes) is 1. The van der Waals surface area contributed by atoms with Crippen molar-refractivity contribution in [2.75, 3.05) is 25.4 Å². The summed E-state index contributed by atoms with van der Waals surface area (Å²) in [6.07, 6.45) is 4.28. The van der Waals surface area contributed by atoms with E-state index in [-0.39, 0.29) is 23.6 Å². The van der Waals surface area contributed by atoms with Gasteiger partial charge in [-0.3, -0.25) is 4.79 Å². The molecule has 0 spiro atoms. The third-order valence-electron chi connectivity index (χ3n) is 4.76. The molecule has 0 bridgehead atoms. The van der Waals surface area contributed by atoms with Crippen LogP contribution in [0, 0.1) is 11.8 Å². The van der Waals surface area contributed by atoms with Crippen LogP contribution in [0.4, 0.5) is 0 Å². The molecule has 1 heterocycles. The first kappa shape index (κ1) is 17.7. The van der Waals surface area contributed by atoms with Gasteiger partial charge in [0.1, 0.15) is 0 Å². The van der Waals surface area contributed by atoms with Gasteiger partial charge in [-0.2, -0.15) is 4.31 Å². The fraction of sp³-hybridized carbons (Fsp3) is 0.938. The van der Waals surface area contributed by atoms with Crippen molar-refractivity contribution >= 4 is 15.9 Å². The van der Waals surface area contributed by atoms with Crippen LogP contribution in [0.3, 0.4) is 0 Å². The van der Waals surface area contributed by atoms with Crippen LogP contribution in [-0.4, -0.2) is 55.0 Å². The van der Waals surface area contributed by atoms with Crippen molar-refractivity contribution < 1.29 is 13.2 Å². The lowest BCUT2D eigenvalue weighted by Gasteiger charge is -2.34. The lowest BCUT2D eigenvalue weighted by atomic mass is 10.0. The van der Waals surface area contributed by atoms with Crippen LogP contribution in [0.2, 0.25) is 0 Å². The largest absolute Gasteiger partial charge is 0.338 e. The first-order valence-electron chi connectivity index (χ1n) is 8.62. The van der Waals surface area contributed by atoms with Gasteiger partial charge in [0, 0.05) is 32.1 Å². The van der Waals surface area contributed by atoms with Gasteiger partial charge in [0.15, 0.2) is 0 Å². The summed E-state index contributed by atoms with van der Waals surface area (Å²) in [5, 5.41) is 0. The highest BCUT2D eigenvalue weighted by Gasteiger charge is 2.38. The molecular weight excluding hydrogens is 300 g/mol. The number of carbonyl (C=O) groups is 1. The van der Waals surface area contributed by atoms with Crippen LogP contribution in [0.15, 0.2) is 0 Å². The van der Waals surface area contributed by atoms with Crippen LogP contribution in [0.5, 0.6) is 0 Å². The number of hydrogen-bond acceptors (Lipinski definition) is 3. The maximum atomic E-state index is 12.5. The summed E-state index contributed by atoms with van der Waals surface area (Å²) in [6.45, 7) is 7.78. The lowest BCUT2D eigenvalue weighted by molar-refractivity contribution is -0.133. The summed E-state index contributed by atoms with van der Waals surface area (Å²) in [5.41, 5.74) is 0. The van der Waals surface area contributed by atoms with Crippen molar-refractivity contribution in [1.82, 2.24) is 9.21 Å². The zero-order valence-electron chi connectivity index (χ0n) is 14.1. The normalized spacial score (nSPS) is 24.8. The smallest absolute Gasteiger partial charge is 0.224 e. The maximum Gasteiger partial charge on any atom is 0.224 e. The molecule has 0 aromatic carbocycles. The first-order valence-corrected chi connectivity index (χ1v) is 10.2. The van der Waals surface area contributed by atoms with Crippen molar-refractivity contribution in [3.05, 3.63) is 0 Å². The Labute approximate surface area is 135 Å². The van der Waals surface area contributed by atoms with E-state index in [1.54, 1.807) is 4.31 Å². The second kappa shape index (κ2) is 7.30. The van der Waals surface area contributed by atoms with Crippen molar-refractivity contribution in [2.24, 2.45) is 11.8 Å². The van der Waals surface area contributed by atoms with Crippen LogP contribution in [0.25, 0.3) is 0 Å². The average Bonchev–Trinajstić information content (AvgIpc) is 3.27. The molecule has 2 fully saturated rings. The third kappa shape index (κ3) is 4.44. The van der Waals surface area contributed by atoms with E-state index in [9.17, 15) is 13.2 Å². The van der Waals surface area contributed by atoms with E-state index in [2.05, 4.69) is 13.8 Å². The molecule has 1 aliphatic carbocycles. The molecule has 0 aromatic rings. The van der Waals surface area contributed by atoms with Crippen LogP contribution < -0.4 is 0 Å². The highest BCUT2D eigenvalue weighted by Crippen LogP contribution is 2.32. The average molecular weight is 330 g/mol. The highest BCUT2D eigenvalue weighted by molar-refractivity contribution is 7.89. The molecule has 128 valence electrons. The van der Waals surface area contributed by atoms with E-state index in [0.717, 1.165) is 13.0 Å². The van der Waals surface area contributed by atoms with Gasteiger partial charge >= 0.3 is 0 Å². The zero-order valence-corrected chi connectivity index (χ0v) is 14.9. The summed E-state index contributed by atoms with van der Waals surface area (Å²) in [6, 6.07) is 0.00648. The molecule has 1 amide bonds. The second-order valence-electron chi connectivity index (χ2n) is 7.08. The quantitative estimate of drug-likeness (QED) is 0.718. The fourth-order valence-electron chi connectivity index (χ4n) is 3.04. The molecule has 5 nitrogen and oxygen atoms in total. The Balaban J connectivity index is 2.14. The van der Waals surface area contributed by atoms with Gasteiger partial charge in [0.2, 0.25) is 15.9 Å². The van der Waals surface area contributed by atoms with Gasteiger partial charge in [0.25, 0.3) is 0 Å². The molecule has 0 aromatic heterocycles. The summed E-state index contributed by atoms with van der Waals surface area (Å²) in [5.74, 6) is 1.22. The van der Waals surface area contributed by atoms with E-state index < -0.39 is 10.0 Å². The molecule has 1 saturated carbocycles. The van der Waals surface area contributed by atoms with E-state index in [4.69, 9.17) is 0 Å². The Kier molecular flexibility index (Phi) is 5.88. The number of nitrogens with zero attached hydrogens (tertiary/aromatic N) is 2. The molecule has 22 heavy (non-hydrogen) atoms. The van der Waals surface area contributed by atoms with Gasteiger partial charge in [-0.1, -0.05) is 27.2 Å². The van der Waals surface area contributed by atoms with E-state index in [0.29, 0.717) is 31.8 Å². The summed E-state index contributed by atoms with van der Waals surface area (Å²) >= 11 is 0. The Bertz CT molecular complexity index is 486. The van der Waals surface area contributed by atoms with E-state index in [1.165, 1.54) is 12.8 Å². The molecular formula is C16H30N2O3S. The van der Waals surface area contributed by atoms with Crippen LogP contribution >= 0.6 is 0 Å². The van der Waals surface area contributed by atoms with Crippen molar-refractivity contribution in [1.29, 1.82) is 0 Å². The number of carbonyl (C=O) groups excluding carboxylic acids is 1. The molecule has 0 N–H and O–H groups in total. The number of amides is 1. The topological polar surface area (TPSA) is 57.7 Å². The molecule has 1 unspecified atom stereocenters. The Morgan fingerprint density at radius 2 is 1.95 bits per heavy atom. The minimum Gasteiger partial charge on any atom is -0.338 e. The Morgan fingerprint density at radius 3 is 2.50 bits per heavy atom. The standard InChI is InChI=1S/C16H30N2O3S/c1-4-5-10-22(20,21)17-9-8-16(19)18(11-14-6-7-14)15(12-17)13(2)3/h13-15H,4-12H2,1-3H3. The summed E-state index contributed by atoms with van der Waals surface area (Å²) in [7, 11) is -3.24. The monoisotopic (exact) mass is 330 g/mol. The van der Waals surface area contributed by atoms with Gasteiger partial charge in [-0.05, 0) is 31.1 Å². The highest BCUT2D eigenvalue weighted by atomic mass is 32.2. The van der Waals surface area contributed by atoms with E-state index >= 15 is 0 Å². The number of rotatable bonds is 7. The minimum absolute atomic E-state index is 0.00648. The van der Waals surface area contributed by atoms with Crippen LogP contribution in [0.1, 0.15) is 52.9 Å². The minimum atomic E-state index is -3.24.